The van der Waals surface area contributed by atoms with Crippen molar-refractivity contribution in [3.8, 4) is 0 Å². The fraction of sp³-hybridized carbons (Fsp3) is 0.833. The van der Waals surface area contributed by atoms with E-state index in [-0.39, 0.29) is 5.91 Å². The maximum absolute atomic E-state index is 11.0. The van der Waals surface area contributed by atoms with Crippen LogP contribution in [-0.2, 0) is 9.63 Å². The highest BCUT2D eigenvalue weighted by atomic mass is 79.9. The van der Waals surface area contributed by atoms with Crippen LogP contribution in [0.5, 0.6) is 0 Å². The number of halogens is 1. The molecule has 0 atom stereocenters. The number of carbonyl (C=O) groups excluding carboxylic acids is 1. The minimum atomic E-state index is 0.0781. The zero-order valence-corrected chi connectivity index (χ0v) is 7.26. The van der Waals surface area contributed by atoms with Crippen LogP contribution in [0.1, 0.15) is 12.8 Å². The predicted octanol–water partition coefficient (Wildman–Crippen LogP) is 0.935. The number of hydrogen-bond acceptors (Lipinski definition) is 2. The Balaban J connectivity index is 2.25. The van der Waals surface area contributed by atoms with Gasteiger partial charge in [-0.25, -0.2) is 5.06 Å². The van der Waals surface area contributed by atoms with E-state index < -0.39 is 0 Å². The molecule has 1 fully saturated rings. The Kier molecular flexibility index (Phi) is 3.15. The highest BCUT2D eigenvalue weighted by Gasteiger charge is 2.17. The number of carbonyl (C=O) groups is 1. The summed E-state index contributed by atoms with van der Waals surface area (Å²) >= 11 is 3.19. The molecule has 1 rings (SSSR count). The number of amides is 1. The molecule has 0 bridgehead atoms. The summed E-state index contributed by atoms with van der Waals surface area (Å²) in [6, 6.07) is 0. The van der Waals surface area contributed by atoms with Crippen LogP contribution in [0.2, 0.25) is 0 Å². The molecule has 0 N–H and O–H groups in total. The lowest BCUT2D eigenvalue weighted by molar-refractivity contribution is -0.168. The van der Waals surface area contributed by atoms with Gasteiger partial charge in [0.1, 0.15) is 0 Å². The molecule has 1 aliphatic rings. The van der Waals surface area contributed by atoms with Crippen LogP contribution in [0, 0.1) is 0 Å². The molecule has 4 heteroatoms. The summed E-state index contributed by atoms with van der Waals surface area (Å²) in [7, 11) is 0. The van der Waals surface area contributed by atoms with Gasteiger partial charge in [0.25, 0.3) is 0 Å². The van der Waals surface area contributed by atoms with E-state index in [4.69, 9.17) is 4.84 Å². The van der Waals surface area contributed by atoms with Crippen LogP contribution in [-0.4, -0.2) is 29.5 Å². The second-order valence-corrected chi connectivity index (χ2v) is 2.91. The number of nitrogens with zero attached hydrogens (tertiary/aromatic N) is 1. The van der Waals surface area contributed by atoms with Gasteiger partial charge in [-0.15, -0.1) is 0 Å². The molecule has 1 heterocycles. The zero-order chi connectivity index (χ0) is 7.40. The molecule has 1 saturated heterocycles. The fourth-order valence-electron chi connectivity index (χ4n) is 0.850. The summed E-state index contributed by atoms with van der Waals surface area (Å²) in [5, 5.41) is 2.16. The average molecular weight is 208 g/mol. The zero-order valence-electron chi connectivity index (χ0n) is 5.68. The third kappa shape index (κ3) is 1.95. The van der Waals surface area contributed by atoms with Gasteiger partial charge < -0.3 is 0 Å². The van der Waals surface area contributed by atoms with Gasteiger partial charge >= 0.3 is 0 Å². The van der Waals surface area contributed by atoms with E-state index in [0.717, 1.165) is 13.0 Å². The Morgan fingerprint density at radius 2 is 2.50 bits per heavy atom. The van der Waals surface area contributed by atoms with Crippen molar-refractivity contribution in [3.05, 3.63) is 0 Å². The van der Waals surface area contributed by atoms with E-state index in [1.165, 1.54) is 5.06 Å². The molecule has 1 amide bonds. The summed E-state index contributed by atoms with van der Waals surface area (Å²) in [6.07, 6.45) is 1.49. The Morgan fingerprint density at radius 3 is 3.00 bits per heavy atom. The van der Waals surface area contributed by atoms with Crippen molar-refractivity contribution in [1.29, 1.82) is 0 Å². The van der Waals surface area contributed by atoms with E-state index in [0.29, 0.717) is 18.4 Å². The molecule has 1 aliphatic heterocycles. The van der Waals surface area contributed by atoms with Crippen LogP contribution >= 0.6 is 15.9 Å². The average Bonchev–Trinajstić information content (AvgIpc) is 2.38. The molecule has 0 spiro atoms. The molecule has 0 aromatic rings. The smallest absolute Gasteiger partial charge is 0.246 e. The normalized spacial score (nSPS) is 17.9. The molecule has 0 aromatic carbocycles. The van der Waals surface area contributed by atoms with Crippen molar-refractivity contribution in [2.45, 2.75) is 12.8 Å². The van der Waals surface area contributed by atoms with Gasteiger partial charge in [0.05, 0.1) is 13.2 Å². The van der Waals surface area contributed by atoms with Crippen molar-refractivity contribution in [2.24, 2.45) is 0 Å². The topological polar surface area (TPSA) is 29.5 Å². The van der Waals surface area contributed by atoms with E-state index in [1.54, 1.807) is 0 Å². The first-order valence-corrected chi connectivity index (χ1v) is 4.46. The van der Waals surface area contributed by atoms with Crippen LogP contribution in [0.25, 0.3) is 0 Å². The van der Waals surface area contributed by atoms with Crippen molar-refractivity contribution in [3.63, 3.8) is 0 Å². The van der Waals surface area contributed by atoms with Gasteiger partial charge in [0.2, 0.25) is 5.91 Å². The molecular formula is C6H10BrNO2. The Labute approximate surface area is 68.4 Å². The highest BCUT2D eigenvalue weighted by molar-refractivity contribution is 9.09. The second-order valence-electron chi connectivity index (χ2n) is 2.12. The molecule has 0 radical (unpaired) electrons. The first kappa shape index (κ1) is 8.01. The number of hydroxylamine groups is 2. The standard InChI is InChI=1S/C6H10BrNO2/c7-3-2-6(9)8-4-1-5-10-8/h1-5H2. The van der Waals surface area contributed by atoms with Gasteiger partial charge in [-0.1, -0.05) is 15.9 Å². The maximum atomic E-state index is 11.0. The fourth-order valence-corrected chi connectivity index (χ4v) is 1.19. The van der Waals surface area contributed by atoms with Crippen LogP contribution < -0.4 is 0 Å². The van der Waals surface area contributed by atoms with Crippen LogP contribution in [0.15, 0.2) is 0 Å². The predicted molar refractivity (Wildman–Crippen MR) is 40.7 cm³/mol. The van der Waals surface area contributed by atoms with Crippen molar-refractivity contribution in [2.75, 3.05) is 18.5 Å². The maximum Gasteiger partial charge on any atom is 0.246 e. The lowest BCUT2D eigenvalue weighted by atomic mass is 10.4. The summed E-state index contributed by atoms with van der Waals surface area (Å²) < 4.78 is 0. The minimum Gasteiger partial charge on any atom is -0.273 e. The van der Waals surface area contributed by atoms with Gasteiger partial charge in [0.15, 0.2) is 0 Å². The van der Waals surface area contributed by atoms with E-state index in [9.17, 15) is 4.79 Å². The first-order chi connectivity index (χ1) is 4.84. The summed E-state index contributed by atoms with van der Waals surface area (Å²) in [5.74, 6) is 0.0781. The number of hydrogen-bond donors (Lipinski definition) is 0. The SMILES string of the molecule is O=C(CCBr)N1CCCO1. The monoisotopic (exact) mass is 207 g/mol. The van der Waals surface area contributed by atoms with E-state index >= 15 is 0 Å². The molecule has 0 saturated carbocycles. The Morgan fingerprint density at radius 1 is 1.70 bits per heavy atom. The summed E-state index contributed by atoms with van der Waals surface area (Å²) in [5.41, 5.74) is 0. The quantitative estimate of drug-likeness (QED) is 0.632. The third-order valence-corrected chi connectivity index (χ3v) is 1.74. The van der Waals surface area contributed by atoms with Crippen LogP contribution in [0.3, 0.4) is 0 Å². The lowest BCUT2D eigenvalue weighted by Gasteiger charge is -2.11. The van der Waals surface area contributed by atoms with E-state index in [1.807, 2.05) is 0 Å². The van der Waals surface area contributed by atoms with Crippen molar-refractivity contribution in [1.82, 2.24) is 5.06 Å². The lowest BCUT2D eigenvalue weighted by Crippen LogP contribution is -2.26. The van der Waals surface area contributed by atoms with Gasteiger partial charge in [-0.3, -0.25) is 9.63 Å². The molecular weight excluding hydrogens is 198 g/mol. The summed E-state index contributed by atoms with van der Waals surface area (Å²) in [6.45, 7) is 1.44. The molecule has 0 unspecified atom stereocenters. The largest absolute Gasteiger partial charge is 0.273 e. The molecule has 3 nitrogen and oxygen atoms in total. The second kappa shape index (κ2) is 3.93. The van der Waals surface area contributed by atoms with Crippen molar-refractivity contribution < 1.29 is 9.63 Å². The molecule has 0 aliphatic carbocycles. The summed E-state index contributed by atoms with van der Waals surface area (Å²) in [4.78, 5) is 16.0. The van der Waals surface area contributed by atoms with Gasteiger partial charge in [0, 0.05) is 11.8 Å². The number of alkyl halides is 1. The molecule has 58 valence electrons. The Hall–Kier alpha value is -0.0900. The van der Waals surface area contributed by atoms with Crippen LogP contribution in [0.4, 0.5) is 0 Å². The first-order valence-electron chi connectivity index (χ1n) is 3.34. The Bertz CT molecular complexity index is 123. The van der Waals surface area contributed by atoms with E-state index in [2.05, 4.69) is 15.9 Å². The van der Waals surface area contributed by atoms with Gasteiger partial charge in [-0.2, -0.15) is 0 Å². The minimum absolute atomic E-state index is 0.0781. The molecule has 0 aromatic heterocycles. The third-order valence-electron chi connectivity index (χ3n) is 1.34. The van der Waals surface area contributed by atoms with Crippen molar-refractivity contribution >= 4 is 21.8 Å². The van der Waals surface area contributed by atoms with Gasteiger partial charge in [-0.05, 0) is 6.42 Å². The molecule has 10 heavy (non-hydrogen) atoms. The highest BCUT2D eigenvalue weighted by Crippen LogP contribution is 2.06. The number of rotatable bonds is 2.